The fourth-order valence-electron chi connectivity index (χ4n) is 4.37. The van der Waals surface area contributed by atoms with Crippen LogP contribution in [0.15, 0.2) is 35.6 Å². The number of benzene rings is 1. The fourth-order valence-corrected chi connectivity index (χ4v) is 4.37. The number of methoxy groups -OCH3 is 1. The van der Waals surface area contributed by atoms with Crippen LogP contribution in [0.4, 0.5) is 17.5 Å². The summed E-state index contributed by atoms with van der Waals surface area (Å²) < 4.78 is 5.35. The monoisotopic (exact) mass is 408 g/mol. The minimum atomic E-state index is -0.189. The van der Waals surface area contributed by atoms with Crippen LogP contribution in [-0.2, 0) is 4.79 Å². The zero-order chi connectivity index (χ0) is 21.1. The van der Waals surface area contributed by atoms with E-state index in [-0.39, 0.29) is 11.9 Å². The first-order valence-electron chi connectivity index (χ1n) is 10.5. The fraction of sp³-hybridized carbons (Fsp3) is 0.455. The van der Waals surface area contributed by atoms with Gasteiger partial charge in [0.2, 0.25) is 11.9 Å². The highest BCUT2D eigenvalue weighted by Gasteiger charge is 2.41. The number of para-hydroxylation sites is 1. The van der Waals surface area contributed by atoms with Gasteiger partial charge in [-0.15, -0.1) is 0 Å². The predicted molar refractivity (Wildman–Crippen MR) is 118 cm³/mol. The predicted octanol–water partition coefficient (Wildman–Crippen LogP) is 3.44. The second kappa shape index (κ2) is 8.69. The van der Waals surface area contributed by atoms with Crippen molar-refractivity contribution >= 4 is 29.6 Å². The lowest BCUT2D eigenvalue weighted by atomic mass is 10.0. The standard InChI is InChI=1S/C22H28N6O2/c1-4-17-21(29)27(2)18-14-23-22(25-20(18)28(17)16-10-6-7-11-16)26-24-13-15-9-5-8-12-19(15)30-3/h5,8-9,12-14,16-17H,4,6-7,10-11H2,1-3H3,(H,23,25,26)/b24-13+. The lowest BCUT2D eigenvalue weighted by Crippen LogP contribution is -2.55. The van der Waals surface area contributed by atoms with Gasteiger partial charge in [0, 0.05) is 18.7 Å². The van der Waals surface area contributed by atoms with Crippen LogP contribution in [0, 0.1) is 0 Å². The van der Waals surface area contributed by atoms with Gasteiger partial charge in [-0.1, -0.05) is 31.9 Å². The largest absolute Gasteiger partial charge is 0.496 e. The number of carbonyl (C=O) groups is 1. The van der Waals surface area contributed by atoms with Crippen molar-refractivity contribution in [2.45, 2.75) is 51.1 Å². The second-order valence-corrected chi connectivity index (χ2v) is 7.68. The molecular weight excluding hydrogens is 380 g/mol. The number of ether oxygens (including phenoxy) is 1. The summed E-state index contributed by atoms with van der Waals surface area (Å²) in [5.74, 6) is 2.06. The molecule has 1 saturated carbocycles. The number of nitrogens with one attached hydrogen (secondary N) is 1. The van der Waals surface area contributed by atoms with E-state index in [0.717, 1.165) is 42.1 Å². The van der Waals surface area contributed by atoms with E-state index in [1.807, 2.05) is 24.3 Å². The Morgan fingerprint density at radius 2 is 2.07 bits per heavy atom. The maximum atomic E-state index is 12.9. The third-order valence-electron chi connectivity index (χ3n) is 5.92. The van der Waals surface area contributed by atoms with Crippen LogP contribution in [0.2, 0.25) is 0 Å². The molecular formula is C22H28N6O2. The Kier molecular flexibility index (Phi) is 5.83. The van der Waals surface area contributed by atoms with E-state index in [2.05, 4.69) is 27.3 Å². The summed E-state index contributed by atoms with van der Waals surface area (Å²) in [6.07, 6.45) is 8.69. The molecule has 2 heterocycles. The molecule has 30 heavy (non-hydrogen) atoms. The van der Waals surface area contributed by atoms with Gasteiger partial charge in [-0.25, -0.2) is 10.4 Å². The highest BCUT2D eigenvalue weighted by molar-refractivity contribution is 6.04. The van der Waals surface area contributed by atoms with E-state index in [4.69, 9.17) is 9.72 Å². The Bertz CT molecular complexity index is 941. The van der Waals surface area contributed by atoms with Gasteiger partial charge in [-0.3, -0.25) is 4.79 Å². The molecule has 0 bridgehead atoms. The number of likely N-dealkylation sites (N-methyl/N-ethyl adjacent to an activating group) is 1. The lowest BCUT2D eigenvalue weighted by molar-refractivity contribution is -0.120. The van der Waals surface area contributed by atoms with Crippen LogP contribution < -0.4 is 20.0 Å². The Hall–Kier alpha value is -3.16. The number of rotatable bonds is 6. The van der Waals surface area contributed by atoms with Crippen molar-refractivity contribution in [2.24, 2.45) is 5.10 Å². The number of amides is 1. The van der Waals surface area contributed by atoms with Crippen LogP contribution in [0.3, 0.4) is 0 Å². The summed E-state index contributed by atoms with van der Waals surface area (Å²) in [5.41, 5.74) is 4.53. The Morgan fingerprint density at radius 1 is 1.30 bits per heavy atom. The number of hydrogen-bond acceptors (Lipinski definition) is 7. The molecule has 0 saturated heterocycles. The smallest absolute Gasteiger partial charge is 0.249 e. The van der Waals surface area contributed by atoms with Crippen molar-refractivity contribution in [3.05, 3.63) is 36.0 Å². The first kappa shape index (κ1) is 20.1. The van der Waals surface area contributed by atoms with E-state index >= 15 is 0 Å². The molecule has 2 aromatic rings. The minimum Gasteiger partial charge on any atom is -0.496 e. The average molecular weight is 409 g/mol. The van der Waals surface area contributed by atoms with Crippen molar-refractivity contribution in [3.8, 4) is 5.75 Å². The van der Waals surface area contributed by atoms with E-state index < -0.39 is 0 Å². The molecule has 1 amide bonds. The first-order chi connectivity index (χ1) is 14.6. The minimum absolute atomic E-state index is 0.107. The quantitative estimate of drug-likeness (QED) is 0.582. The van der Waals surface area contributed by atoms with Crippen LogP contribution in [-0.4, -0.2) is 48.3 Å². The highest BCUT2D eigenvalue weighted by atomic mass is 16.5. The molecule has 1 aromatic carbocycles. The van der Waals surface area contributed by atoms with Gasteiger partial charge in [0.15, 0.2) is 5.82 Å². The molecule has 1 aliphatic carbocycles. The SMILES string of the molecule is CCC1C(=O)N(C)c2cnc(N/N=C/c3ccccc3OC)nc2N1C1CCCC1. The maximum Gasteiger partial charge on any atom is 0.249 e. The average Bonchev–Trinajstić information content (AvgIpc) is 3.30. The molecule has 4 rings (SSSR count). The van der Waals surface area contributed by atoms with Gasteiger partial charge in [-0.2, -0.15) is 10.1 Å². The molecule has 8 heteroatoms. The Balaban J connectivity index is 1.63. The van der Waals surface area contributed by atoms with E-state index in [1.165, 1.54) is 12.8 Å². The van der Waals surface area contributed by atoms with E-state index in [0.29, 0.717) is 12.0 Å². The van der Waals surface area contributed by atoms with Crippen LogP contribution in [0.25, 0.3) is 0 Å². The molecule has 0 radical (unpaired) electrons. The summed E-state index contributed by atoms with van der Waals surface area (Å²) in [6.45, 7) is 2.06. The van der Waals surface area contributed by atoms with E-state index in [1.54, 1.807) is 31.5 Å². The van der Waals surface area contributed by atoms with E-state index in [9.17, 15) is 4.79 Å². The molecule has 0 spiro atoms. The lowest BCUT2D eigenvalue weighted by Gasteiger charge is -2.43. The highest BCUT2D eigenvalue weighted by Crippen LogP contribution is 2.39. The number of carbonyl (C=O) groups excluding carboxylic acids is 1. The number of fused-ring (bicyclic) bond motifs is 1. The van der Waals surface area contributed by atoms with Gasteiger partial charge in [0.25, 0.3) is 0 Å². The van der Waals surface area contributed by atoms with Crippen LogP contribution >= 0.6 is 0 Å². The summed E-state index contributed by atoms with van der Waals surface area (Å²) >= 11 is 0. The molecule has 1 fully saturated rings. The number of nitrogens with zero attached hydrogens (tertiary/aromatic N) is 5. The van der Waals surface area contributed by atoms with Crippen molar-refractivity contribution in [1.29, 1.82) is 0 Å². The van der Waals surface area contributed by atoms with Gasteiger partial charge >= 0.3 is 0 Å². The molecule has 1 aliphatic heterocycles. The molecule has 1 unspecified atom stereocenters. The summed E-state index contributed by atoms with van der Waals surface area (Å²) in [5, 5.41) is 4.29. The summed E-state index contributed by atoms with van der Waals surface area (Å²) in [4.78, 5) is 26.0. The molecule has 8 nitrogen and oxygen atoms in total. The van der Waals surface area contributed by atoms with Crippen molar-refractivity contribution in [2.75, 3.05) is 29.4 Å². The molecule has 158 valence electrons. The number of hydrogen-bond donors (Lipinski definition) is 1. The van der Waals surface area contributed by atoms with Gasteiger partial charge in [0.05, 0.1) is 19.5 Å². The molecule has 1 atom stereocenters. The number of aromatic nitrogens is 2. The molecule has 2 aliphatic rings. The zero-order valence-electron chi connectivity index (χ0n) is 17.7. The zero-order valence-corrected chi connectivity index (χ0v) is 17.7. The first-order valence-corrected chi connectivity index (χ1v) is 10.5. The van der Waals surface area contributed by atoms with Gasteiger partial charge < -0.3 is 14.5 Å². The summed E-state index contributed by atoms with van der Waals surface area (Å²) in [6, 6.07) is 7.79. The normalized spacial score (nSPS) is 19.4. The van der Waals surface area contributed by atoms with Gasteiger partial charge in [-0.05, 0) is 31.4 Å². The summed E-state index contributed by atoms with van der Waals surface area (Å²) in [7, 11) is 3.43. The maximum absolute atomic E-state index is 12.9. The van der Waals surface area contributed by atoms with Crippen molar-refractivity contribution < 1.29 is 9.53 Å². The van der Waals surface area contributed by atoms with Crippen molar-refractivity contribution in [1.82, 2.24) is 9.97 Å². The van der Waals surface area contributed by atoms with Crippen LogP contribution in [0.5, 0.6) is 5.75 Å². The third-order valence-corrected chi connectivity index (χ3v) is 5.92. The second-order valence-electron chi connectivity index (χ2n) is 7.68. The number of anilines is 3. The van der Waals surface area contributed by atoms with Gasteiger partial charge in [0.1, 0.15) is 17.5 Å². The Morgan fingerprint density at radius 3 is 2.80 bits per heavy atom. The number of hydrazone groups is 1. The molecule has 1 N–H and O–H groups in total. The third kappa shape index (κ3) is 3.69. The topological polar surface area (TPSA) is 83.0 Å². The molecule has 1 aromatic heterocycles. The Labute approximate surface area is 177 Å². The van der Waals surface area contributed by atoms with Crippen molar-refractivity contribution in [3.63, 3.8) is 0 Å². The van der Waals surface area contributed by atoms with Crippen LogP contribution in [0.1, 0.15) is 44.6 Å².